The Morgan fingerprint density at radius 3 is 2.55 bits per heavy atom. The Hall–Kier alpha value is 0.250. The van der Waals surface area contributed by atoms with Crippen LogP contribution in [0.1, 0.15) is 32.6 Å². The standard InChI is InChI=1S/C8H16ClN.ClH/c1-2-3-4-5-7-10-8-6-9;/h8H,2-7H2,1H3;1H. The van der Waals surface area contributed by atoms with Gasteiger partial charge in [0.25, 0.3) is 0 Å². The molecule has 0 radical (unpaired) electrons. The summed E-state index contributed by atoms with van der Waals surface area (Å²) in [5.41, 5.74) is 0. The second kappa shape index (κ2) is 12.9. The van der Waals surface area contributed by atoms with Crippen molar-refractivity contribution in [3.8, 4) is 0 Å². The fraction of sp³-hybridized carbons (Fsp3) is 0.875. The molecule has 1 nitrogen and oxygen atoms in total. The molecule has 0 aromatic heterocycles. The summed E-state index contributed by atoms with van der Waals surface area (Å²) in [6.07, 6.45) is 6.90. The molecular formula is C8H17Cl2N. The van der Waals surface area contributed by atoms with E-state index in [1.807, 2.05) is 0 Å². The minimum absolute atomic E-state index is 0. The lowest BCUT2D eigenvalue weighted by molar-refractivity contribution is 0.676. The molecule has 0 unspecified atom stereocenters. The van der Waals surface area contributed by atoms with Crippen LogP contribution in [0.25, 0.3) is 0 Å². The van der Waals surface area contributed by atoms with Gasteiger partial charge in [-0.25, -0.2) is 0 Å². The number of aliphatic imine (C=N–C) groups is 1. The van der Waals surface area contributed by atoms with Crippen LogP contribution in [0.15, 0.2) is 4.99 Å². The Balaban J connectivity index is 0. The SMILES string of the molecule is CCCCCCN=CCCl.Cl. The van der Waals surface area contributed by atoms with Gasteiger partial charge in [-0.1, -0.05) is 26.2 Å². The molecule has 0 aromatic carbocycles. The van der Waals surface area contributed by atoms with Gasteiger partial charge in [-0.2, -0.15) is 0 Å². The van der Waals surface area contributed by atoms with E-state index in [1.54, 1.807) is 6.21 Å². The smallest absolute Gasteiger partial charge is 0.0573 e. The topological polar surface area (TPSA) is 12.4 Å². The highest BCUT2D eigenvalue weighted by Gasteiger charge is 1.83. The summed E-state index contributed by atoms with van der Waals surface area (Å²) in [6.45, 7) is 3.16. The van der Waals surface area contributed by atoms with Crippen molar-refractivity contribution in [2.45, 2.75) is 32.6 Å². The molecule has 0 saturated carbocycles. The molecule has 68 valence electrons. The molecule has 0 aliphatic heterocycles. The van der Waals surface area contributed by atoms with E-state index in [-0.39, 0.29) is 12.4 Å². The molecule has 0 N–H and O–H groups in total. The van der Waals surface area contributed by atoms with Crippen molar-refractivity contribution in [2.75, 3.05) is 12.4 Å². The van der Waals surface area contributed by atoms with Gasteiger partial charge in [0.05, 0.1) is 5.88 Å². The minimum Gasteiger partial charge on any atom is -0.296 e. The van der Waals surface area contributed by atoms with Crippen molar-refractivity contribution < 1.29 is 0 Å². The lowest BCUT2D eigenvalue weighted by atomic mass is 10.2. The van der Waals surface area contributed by atoms with Crippen molar-refractivity contribution in [1.82, 2.24) is 0 Å². The number of alkyl halides is 1. The molecule has 0 aromatic rings. The third kappa shape index (κ3) is 13.3. The third-order valence-corrected chi connectivity index (χ3v) is 1.48. The number of nitrogens with zero attached hydrogens (tertiary/aromatic N) is 1. The van der Waals surface area contributed by atoms with Crippen molar-refractivity contribution in [2.24, 2.45) is 4.99 Å². The number of hydrogen-bond donors (Lipinski definition) is 0. The highest BCUT2D eigenvalue weighted by Crippen LogP contribution is 1.97. The number of rotatable bonds is 6. The van der Waals surface area contributed by atoms with Crippen molar-refractivity contribution in [1.29, 1.82) is 0 Å². The van der Waals surface area contributed by atoms with Gasteiger partial charge < -0.3 is 0 Å². The maximum atomic E-state index is 5.39. The van der Waals surface area contributed by atoms with Gasteiger partial charge in [0, 0.05) is 12.8 Å². The maximum absolute atomic E-state index is 5.39. The zero-order valence-corrected chi connectivity index (χ0v) is 8.63. The summed E-state index contributed by atoms with van der Waals surface area (Å²) < 4.78 is 0. The first-order valence-corrected chi connectivity index (χ1v) is 4.49. The molecule has 0 saturated heterocycles. The molecule has 0 atom stereocenters. The van der Waals surface area contributed by atoms with Gasteiger partial charge in [-0.15, -0.1) is 24.0 Å². The summed E-state index contributed by atoms with van der Waals surface area (Å²) in [6, 6.07) is 0. The van der Waals surface area contributed by atoms with Crippen LogP contribution in [-0.4, -0.2) is 18.6 Å². The summed E-state index contributed by atoms with van der Waals surface area (Å²) in [4.78, 5) is 4.10. The normalized spacial score (nSPS) is 10.0. The number of halogens is 2. The van der Waals surface area contributed by atoms with E-state index in [9.17, 15) is 0 Å². The quantitative estimate of drug-likeness (QED) is 0.352. The molecular weight excluding hydrogens is 181 g/mol. The molecule has 0 heterocycles. The van der Waals surface area contributed by atoms with Crippen LogP contribution in [0.5, 0.6) is 0 Å². The number of hydrogen-bond acceptors (Lipinski definition) is 1. The van der Waals surface area contributed by atoms with E-state index in [2.05, 4.69) is 11.9 Å². The third-order valence-electron chi connectivity index (χ3n) is 1.34. The van der Waals surface area contributed by atoms with Gasteiger partial charge in [0.2, 0.25) is 0 Å². The van der Waals surface area contributed by atoms with Crippen LogP contribution < -0.4 is 0 Å². The van der Waals surface area contributed by atoms with Gasteiger partial charge in [0.1, 0.15) is 0 Å². The lowest BCUT2D eigenvalue weighted by Gasteiger charge is -1.92. The summed E-state index contributed by atoms with van der Waals surface area (Å²) in [5.74, 6) is 0.549. The average Bonchev–Trinajstić information content (AvgIpc) is 1.97. The van der Waals surface area contributed by atoms with Crippen molar-refractivity contribution in [3.63, 3.8) is 0 Å². The van der Waals surface area contributed by atoms with E-state index >= 15 is 0 Å². The van der Waals surface area contributed by atoms with Gasteiger partial charge in [0.15, 0.2) is 0 Å². The fourth-order valence-corrected chi connectivity index (χ4v) is 0.868. The molecule has 3 heteroatoms. The maximum Gasteiger partial charge on any atom is 0.0573 e. The second-order valence-electron chi connectivity index (χ2n) is 2.30. The Kier molecular flexibility index (Phi) is 16.2. The molecule has 0 fully saturated rings. The first-order chi connectivity index (χ1) is 4.91. The summed E-state index contributed by atoms with van der Waals surface area (Å²) >= 11 is 5.39. The van der Waals surface area contributed by atoms with Crippen molar-refractivity contribution >= 4 is 30.2 Å². The predicted molar refractivity (Wildman–Crippen MR) is 55.5 cm³/mol. The summed E-state index contributed by atoms with van der Waals surface area (Å²) in [7, 11) is 0. The average molecular weight is 198 g/mol. The summed E-state index contributed by atoms with van der Waals surface area (Å²) in [5, 5.41) is 0. The van der Waals surface area contributed by atoms with Gasteiger partial charge in [-0.05, 0) is 6.42 Å². The van der Waals surface area contributed by atoms with E-state index in [0.29, 0.717) is 5.88 Å². The zero-order valence-electron chi connectivity index (χ0n) is 7.05. The fourth-order valence-electron chi connectivity index (χ4n) is 0.770. The van der Waals surface area contributed by atoms with E-state index < -0.39 is 0 Å². The first kappa shape index (κ1) is 13.8. The molecule has 0 amide bonds. The molecule has 0 rings (SSSR count). The van der Waals surface area contributed by atoms with Crippen LogP contribution in [0.2, 0.25) is 0 Å². The predicted octanol–water partition coefficient (Wildman–Crippen LogP) is 3.30. The zero-order chi connectivity index (χ0) is 7.66. The van der Waals surface area contributed by atoms with E-state index in [4.69, 9.17) is 11.6 Å². The Morgan fingerprint density at radius 2 is 2.00 bits per heavy atom. The van der Waals surface area contributed by atoms with Crippen LogP contribution >= 0.6 is 24.0 Å². The first-order valence-electron chi connectivity index (χ1n) is 3.96. The Labute approximate surface area is 80.6 Å². The largest absolute Gasteiger partial charge is 0.296 e. The minimum atomic E-state index is 0. The van der Waals surface area contributed by atoms with Crippen LogP contribution in [0, 0.1) is 0 Å². The molecule has 11 heavy (non-hydrogen) atoms. The van der Waals surface area contributed by atoms with Crippen LogP contribution in [0.4, 0.5) is 0 Å². The van der Waals surface area contributed by atoms with Crippen molar-refractivity contribution in [3.05, 3.63) is 0 Å². The van der Waals surface area contributed by atoms with Crippen LogP contribution in [0.3, 0.4) is 0 Å². The van der Waals surface area contributed by atoms with Crippen LogP contribution in [-0.2, 0) is 0 Å². The molecule has 0 aliphatic rings. The lowest BCUT2D eigenvalue weighted by Crippen LogP contribution is -1.83. The second-order valence-corrected chi connectivity index (χ2v) is 2.61. The monoisotopic (exact) mass is 197 g/mol. The molecule has 0 bridgehead atoms. The van der Waals surface area contributed by atoms with E-state index in [1.165, 1.54) is 25.7 Å². The Bertz CT molecular complexity index is 84.2. The van der Waals surface area contributed by atoms with Gasteiger partial charge >= 0.3 is 0 Å². The van der Waals surface area contributed by atoms with Gasteiger partial charge in [-0.3, -0.25) is 4.99 Å². The highest BCUT2D eigenvalue weighted by molar-refractivity contribution is 6.24. The molecule has 0 spiro atoms. The molecule has 0 aliphatic carbocycles. The highest BCUT2D eigenvalue weighted by atomic mass is 35.5. The Morgan fingerprint density at radius 1 is 1.27 bits per heavy atom. The van der Waals surface area contributed by atoms with E-state index in [0.717, 1.165) is 6.54 Å². The number of unbranched alkanes of at least 4 members (excludes halogenated alkanes) is 3.